The third kappa shape index (κ3) is 1.82. The van der Waals surface area contributed by atoms with E-state index in [0.717, 1.165) is 26.1 Å². The predicted molar refractivity (Wildman–Crippen MR) is 57.5 cm³/mol. The van der Waals surface area contributed by atoms with Crippen LogP contribution in [0.3, 0.4) is 0 Å². The molecule has 14 heavy (non-hydrogen) atoms. The second kappa shape index (κ2) is 3.39. The molecule has 0 aromatic carbocycles. The van der Waals surface area contributed by atoms with E-state index in [1.54, 1.807) is 0 Å². The van der Waals surface area contributed by atoms with E-state index in [0.29, 0.717) is 0 Å². The van der Waals surface area contributed by atoms with E-state index in [1.165, 1.54) is 11.4 Å². The molecule has 1 aliphatic rings. The summed E-state index contributed by atoms with van der Waals surface area (Å²) in [5.74, 6) is 0. The van der Waals surface area contributed by atoms with Crippen LogP contribution < -0.4 is 5.32 Å². The van der Waals surface area contributed by atoms with Crippen molar-refractivity contribution in [3.8, 4) is 0 Å². The zero-order valence-corrected chi connectivity index (χ0v) is 9.30. The summed E-state index contributed by atoms with van der Waals surface area (Å²) in [7, 11) is 0. The van der Waals surface area contributed by atoms with E-state index in [4.69, 9.17) is 0 Å². The fourth-order valence-electron chi connectivity index (χ4n) is 1.74. The fourth-order valence-corrected chi connectivity index (χ4v) is 1.74. The Balaban J connectivity index is 2.31. The van der Waals surface area contributed by atoms with Crippen molar-refractivity contribution in [2.75, 3.05) is 13.1 Å². The molecule has 0 bridgehead atoms. The normalized spacial score (nSPS) is 17.6. The molecule has 1 aromatic heterocycles. The van der Waals surface area contributed by atoms with Crippen LogP contribution in [0.1, 0.15) is 32.2 Å². The molecule has 0 spiro atoms. The lowest BCUT2D eigenvalue weighted by molar-refractivity contribution is 0.526. The highest BCUT2D eigenvalue weighted by Gasteiger charge is 2.20. The van der Waals surface area contributed by atoms with E-state index < -0.39 is 0 Å². The Morgan fingerprint density at radius 1 is 1.36 bits per heavy atom. The van der Waals surface area contributed by atoms with Crippen LogP contribution in [0.4, 0.5) is 0 Å². The van der Waals surface area contributed by atoms with Gasteiger partial charge in [0.2, 0.25) is 0 Å². The minimum atomic E-state index is 0.173. The summed E-state index contributed by atoms with van der Waals surface area (Å²) in [6.07, 6.45) is 1.10. The summed E-state index contributed by atoms with van der Waals surface area (Å²) in [6, 6.07) is 2.26. The molecule has 0 unspecified atom stereocenters. The van der Waals surface area contributed by atoms with Gasteiger partial charge >= 0.3 is 0 Å². The van der Waals surface area contributed by atoms with E-state index in [9.17, 15) is 0 Å². The molecular formula is C11H19N3. The van der Waals surface area contributed by atoms with Crippen molar-refractivity contribution in [2.24, 2.45) is 0 Å². The quantitative estimate of drug-likeness (QED) is 0.673. The molecule has 2 heterocycles. The molecule has 1 aromatic rings. The number of nitrogens with one attached hydrogen (secondary N) is 1. The lowest BCUT2D eigenvalue weighted by atomic mass is 9.92. The Morgan fingerprint density at radius 2 is 2.14 bits per heavy atom. The molecule has 0 aliphatic carbocycles. The summed E-state index contributed by atoms with van der Waals surface area (Å²) in [5, 5.41) is 8.04. The van der Waals surface area contributed by atoms with E-state index >= 15 is 0 Å². The smallest absolute Gasteiger partial charge is 0.0680 e. The number of fused-ring (bicyclic) bond motifs is 1. The van der Waals surface area contributed by atoms with Gasteiger partial charge in [0.05, 0.1) is 12.2 Å². The molecule has 78 valence electrons. The summed E-state index contributed by atoms with van der Waals surface area (Å²) in [6.45, 7) is 9.77. The average Bonchev–Trinajstić information content (AvgIpc) is 2.38. The fraction of sp³-hybridized carbons (Fsp3) is 0.727. The molecule has 1 N–H and O–H groups in total. The first-order chi connectivity index (χ1) is 6.57. The second-order valence-electron chi connectivity index (χ2n) is 4.99. The maximum atomic E-state index is 4.66. The summed E-state index contributed by atoms with van der Waals surface area (Å²) >= 11 is 0. The van der Waals surface area contributed by atoms with Gasteiger partial charge in [-0.25, -0.2) is 0 Å². The highest BCUT2D eigenvalue weighted by atomic mass is 15.3. The Kier molecular flexibility index (Phi) is 2.35. The molecule has 2 rings (SSSR count). The maximum absolute atomic E-state index is 4.66. The number of hydrogen-bond acceptors (Lipinski definition) is 2. The van der Waals surface area contributed by atoms with Gasteiger partial charge in [0, 0.05) is 30.6 Å². The van der Waals surface area contributed by atoms with Crippen LogP contribution in [0.15, 0.2) is 6.07 Å². The monoisotopic (exact) mass is 193 g/mol. The minimum absolute atomic E-state index is 0.173. The molecule has 0 saturated heterocycles. The highest BCUT2D eigenvalue weighted by molar-refractivity contribution is 5.18. The van der Waals surface area contributed by atoms with Crippen LogP contribution in [-0.2, 0) is 18.4 Å². The number of aromatic nitrogens is 2. The van der Waals surface area contributed by atoms with Gasteiger partial charge < -0.3 is 5.32 Å². The van der Waals surface area contributed by atoms with Gasteiger partial charge in [-0.1, -0.05) is 20.8 Å². The Morgan fingerprint density at radius 3 is 2.86 bits per heavy atom. The summed E-state index contributed by atoms with van der Waals surface area (Å²) in [4.78, 5) is 0. The Bertz CT molecular complexity index is 296. The first-order valence-corrected chi connectivity index (χ1v) is 5.35. The molecule has 1 aliphatic heterocycles. The first kappa shape index (κ1) is 9.71. The number of hydrogen-bond donors (Lipinski definition) is 1. The summed E-state index contributed by atoms with van der Waals surface area (Å²) in [5.41, 5.74) is 2.77. The summed E-state index contributed by atoms with van der Waals surface area (Å²) < 4.78 is 2.15. The van der Waals surface area contributed by atoms with Crippen LogP contribution in [-0.4, -0.2) is 22.9 Å². The second-order valence-corrected chi connectivity index (χ2v) is 4.99. The van der Waals surface area contributed by atoms with Gasteiger partial charge in [-0.05, 0) is 6.07 Å². The van der Waals surface area contributed by atoms with Gasteiger partial charge in [0.25, 0.3) is 0 Å². The van der Waals surface area contributed by atoms with Crippen LogP contribution in [0, 0.1) is 0 Å². The SMILES string of the molecule is CC(C)(C)c1cc2n(n1)CCNCC2. The van der Waals surface area contributed by atoms with Crippen LogP contribution >= 0.6 is 0 Å². The molecule has 0 atom stereocenters. The lowest BCUT2D eigenvalue weighted by Gasteiger charge is -2.14. The first-order valence-electron chi connectivity index (χ1n) is 5.35. The van der Waals surface area contributed by atoms with Crippen LogP contribution in [0.2, 0.25) is 0 Å². The largest absolute Gasteiger partial charge is 0.315 e. The van der Waals surface area contributed by atoms with Crippen LogP contribution in [0.25, 0.3) is 0 Å². The maximum Gasteiger partial charge on any atom is 0.0680 e. The van der Waals surface area contributed by atoms with Gasteiger partial charge in [-0.15, -0.1) is 0 Å². The van der Waals surface area contributed by atoms with Gasteiger partial charge in [-0.2, -0.15) is 5.10 Å². The minimum Gasteiger partial charge on any atom is -0.315 e. The Labute approximate surface area is 85.5 Å². The van der Waals surface area contributed by atoms with Gasteiger partial charge in [-0.3, -0.25) is 4.68 Å². The van der Waals surface area contributed by atoms with Crippen molar-refractivity contribution in [1.82, 2.24) is 15.1 Å². The van der Waals surface area contributed by atoms with Crippen molar-refractivity contribution in [3.63, 3.8) is 0 Å². The number of rotatable bonds is 0. The zero-order chi connectivity index (χ0) is 10.2. The van der Waals surface area contributed by atoms with E-state index in [2.05, 4.69) is 41.9 Å². The average molecular weight is 193 g/mol. The molecule has 0 saturated carbocycles. The molecule has 0 amide bonds. The Hall–Kier alpha value is -0.830. The van der Waals surface area contributed by atoms with E-state index in [1.807, 2.05) is 0 Å². The highest BCUT2D eigenvalue weighted by Crippen LogP contribution is 2.22. The zero-order valence-electron chi connectivity index (χ0n) is 9.30. The predicted octanol–water partition coefficient (Wildman–Crippen LogP) is 1.33. The lowest BCUT2D eigenvalue weighted by Crippen LogP contribution is -2.19. The van der Waals surface area contributed by atoms with Gasteiger partial charge in [0.15, 0.2) is 0 Å². The van der Waals surface area contributed by atoms with Crippen LogP contribution in [0.5, 0.6) is 0 Å². The van der Waals surface area contributed by atoms with Crippen molar-refractivity contribution in [1.29, 1.82) is 0 Å². The topological polar surface area (TPSA) is 29.9 Å². The third-order valence-corrected chi connectivity index (χ3v) is 2.69. The third-order valence-electron chi connectivity index (χ3n) is 2.69. The van der Waals surface area contributed by atoms with Crippen molar-refractivity contribution in [2.45, 2.75) is 39.2 Å². The van der Waals surface area contributed by atoms with Crippen molar-refractivity contribution < 1.29 is 0 Å². The standard InChI is InChI=1S/C11H19N3/c1-11(2,3)10-8-9-4-5-12-6-7-14(9)13-10/h8,12H,4-7H2,1-3H3. The van der Waals surface area contributed by atoms with Gasteiger partial charge in [0.1, 0.15) is 0 Å². The van der Waals surface area contributed by atoms with Crippen molar-refractivity contribution >= 4 is 0 Å². The molecule has 0 radical (unpaired) electrons. The molecule has 0 fully saturated rings. The molecule has 3 heteroatoms. The van der Waals surface area contributed by atoms with Crippen molar-refractivity contribution in [3.05, 3.63) is 17.5 Å². The number of nitrogens with zero attached hydrogens (tertiary/aromatic N) is 2. The molecule has 3 nitrogen and oxygen atoms in total. The molecular weight excluding hydrogens is 174 g/mol. The van der Waals surface area contributed by atoms with E-state index in [-0.39, 0.29) is 5.41 Å².